The van der Waals surface area contributed by atoms with Gasteiger partial charge in [0.05, 0.1) is 0 Å². The molecule has 0 N–H and O–H groups in total. The Labute approximate surface area is 76.4 Å². The lowest BCUT2D eigenvalue weighted by Crippen LogP contribution is -2.24. The van der Waals surface area contributed by atoms with Gasteiger partial charge in [-0.05, 0) is 26.1 Å². The van der Waals surface area contributed by atoms with Crippen LogP contribution in [0.5, 0.6) is 0 Å². The molecule has 0 aliphatic carbocycles. The molecule has 0 aromatic carbocycles. The van der Waals surface area contributed by atoms with Crippen LogP contribution in [0.25, 0.3) is 4.85 Å². The second-order valence-electron chi connectivity index (χ2n) is 3.15. The second-order valence-corrected chi connectivity index (χ2v) is 3.15. The molecule has 0 amide bonds. The zero-order valence-electron chi connectivity index (χ0n) is 8.51. The van der Waals surface area contributed by atoms with Gasteiger partial charge in [0.1, 0.15) is 0 Å². The molecule has 0 rings (SSSR count). The van der Waals surface area contributed by atoms with Crippen molar-refractivity contribution in [1.29, 1.82) is 0 Å². The summed E-state index contributed by atoms with van der Waals surface area (Å²) in [5.74, 6) is 0. The predicted octanol–water partition coefficient (Wildman–Crippen LogP) is 2.42. The number of hydrogen-bond acceptors (Lipinski definition) is 1. The molecule has 1 atom stereocenters. The molecule has 0 saturated carbocycles. The quantitative estimate of drug-likeness (QED) is 0.553. The number of hydrogen-bond donors (Lipinski definition) is 0. The van der Waals surface area contributed by atoms with E-state index in [1.807, 2.05) is 6.92 Å². The van der Waals surface area contributed by atoms with Crippen LogP contribution in [-0.2, 0) is 0 Å². The third kappa shape index (κ3) is 5.15. The van der Waals surface area contributed by atoms with Crippen LogP contribution in [-0.4, -0.2) is 30.6 Å². The molecular formula is C10H20N2. The van der Waals surface area contributed by atoms with Gasteiger partial charge in [0.2, 0.25) is 6.04 Å². The highest BCUT2D eigenvalue weighted by atomic mass is 15.1. The summed E-state index contributed by atoms with van der Waals surface area (Å²) >= 11 is 0. The SMILES string of the molecule is [C-]#[N+][C@H](C)CCCN(CC)CC. The topological polar surface area (TPSA) is 7.60 Å². The Kier molecular flexibility index (Phi) is 6.79. The van der Waals surface area contributed by atoms with Gasteiger partial charge in [-0.25, -0.2) is 6.57 Å². The molecule has 2 heteroatoms. The molecule has 0 unspecified atom stereocenters. The molecule has 12 heavy (non-hydrogen) atoms. The predicted molar refractivity (Wildman–Crippen MR) is 53.1 cm³/mol. The lowest BCUT2D eigenvalue weighted by atomic mass is 10.2. The molecule has 0 heterocycles. The van der Waals surface area contributed by atoms with Crippen molar-refractivity contribution in [3.8, 4) is 0 Å². The van der Waals surface area contributed by atoms with Gasteiger partial charge >= 0.3 is 0 Å². The van der Waals surface area contributed by atoms with Gasteiger partial charge in [0, 0.05) is 13.3 Å². The van der Waals surface area contributed by atoms with Crippen LogP contribution >= 0.6 is 0 Å². The van der Waals surface area contributed by atoms with Crippen LogP contribution in [0.2, 0.25) is 0 Å². The first-order valence-electron chi connectivity index (χ1n) is 4.83. The fraction of sp³-hybridized carbons (Fsp3) is 0.900. The van der Waals surface area contributed by atoms with Gasteiger partial charge in [0.15, 0.2) is 0 Å². The smallest absolute Gasteiger partial charge is 0.221 e. The van der Waals surface area contributed by atoms with Gasteiger partial charge < -0.3 is 9.74 Å². The Bertz CT molecular complexity index is 133. The zero-order chi connectivity index (χ0) is 9.40. The first-order valence-corrected chi connectivity index (χ1v) is 4.83. The lowest BCUT2D eigenvalue weighted by molar-refractivity contribution is 0.296. The van der Waals surface area contributed by atoms with Crippen molar-refractivity contribution >= 4 is 0 Å². The van der Waals surface area contributed by atoms with Crippen molar-refractivity contribution in [2.75, 3.05) is 19.6 Å². The van der Waals surface area contributed by atoms with Gasteiger partial charge in [-0.3, -0.25) is 0 Å². The van der Waals surface area contributed by atoms with E-state index in [9.17, 15) is 0 Å². The molecule has 0 aliphatic rings. The van der Waals surface area contributed by atoms with E-state index < -0.39 is 0 Å². The van der Waals surface area contributed by atoms with Crippen LogP contribution in [0.15, 0.2) is 0 Å². The summed E-state index contributed by atoms with van der Waals surface area (Å²) in [6.07, 6.45) is 2.20. The Morgan fingerprint density at radius 2 is 1.92 bits per heavy atom. The van der Waals surface area contributed by atoms with Crippen LogP contribution in [0.1, 0.15) is 33.6 Å². The summed E-state index contributed by atoms with van der Waals surface area (Å²) in [5, 5.41) is 0. The summed E-state index contributed by atoms with van der Waals surface area (Å²) in [6.45, 7) is 16.6. The molecule has 0 spiro atoms. The maximum Gasteiger partial charge on any atom is 0.221 e. The molecule has 0 fully saturated rings. The van der Waals surface area contributed by atoms with E-state index in [1.54, 1.807) is 0 Å². The number of nitrogens with zero attached hydrogens (tertiary/aromatic N) is 2. The van der Waals surface area contributed by atoms with Crippen molar-refractivity contribution in [2.24, 2.45) is 0 Å². The largest absolute Gasteiger partial charge is 0.314 e. The summed E-state index contributed by atoms with van der Waals surface area (Å²) in [5.41, 5.74) is 0. The first kappa shape index (κ1) is 11.4. The van der Waals surface area contributed by atoms with E-state index in [4.69, 9.17) is 6.57 Å². The van der Waals surface area contributed by atoms with E-state index in [0.717, 1.165) is 32.5 Å². The van der Waals surface area contributed by atoms with E-state index in [1.165, 1.54) is 0 Å². The molecule has 0 saturated heterocycles. The standard InChI is InChI=1S/C10H20N2/c1-5-12(6-2)9-7-8-10(3)11-4/h10H,5-9H2,1-3H3/t10-/m1/s1. The molecular weight excluding hydrogens is 148 g/mol. The number of rotatable bonds is 6. The van der Waals surface area contributed by atoms with Crippen molar-refractivity contribution in [1.82, 2.24) is 4.90 Å². The molecule has 2 nitrogen and oxygen atoms in total. The maximum atomic E-state index is 6.80. The first-order chi connectivity index (χ1) is 5.74. The molecule has 0 aromatic rings. The summed E-state index contributed by atoms with van der Waals surface area (Å²) in [7, 11) is 0. The Balaban J connectivity index is 3.36. The Hall–Kier alpha value is -0.550. The normalized spacial score (nSPS) is 12.9. The van der Waals surface area contributed by atoms with Crippen LogP contribution in [0, 0.1) is 6.57 Å². The minimum absolute atomic E-state index is 0.209. The highest BCUT2D eigenvalue weighted by Gasteiger charge is 2.04. The van der Waals surface area contributed by atoms with E-state index in [2.05, 4.69) is 23.6 Å². The van der Waals surface area contributed by atoms with Gasteiger partial charge in [0.25, 0.3) is 0 Å². The van der Waals surface area contributed by atoms with Crippen LogP contribution < -0.4 is 0 Å². The molecule has 0 aromatic heterocycles. The summed E-state index contributed by atoms with van der Waals surface area (Å²) in [4.78, 5) is 5.87. The van der Waals surface area contributed by atoms with E-state index in [-0.39, 0.29) is 6.04 Å². The van der Waals surface area contributed by atoms with Crippen molar-refractivity contribution < 1.29 is 0 Å². The van der Waals surface area contributed by atoms with Crippen molar-refractivity contribution in [2.45, 2.75) is 39.7 Å². The minimum atomic E-state index is 0.209. The second kappa shape index (κ2) is 7.12. The van der Waals surface area contributed by atoms with E-state index >= 15 is 0 Å². The fourth-order valence-corrected chi connectivity index (χ4v) is 1.21. The third-order valence-corrected chi connectivity index (χ3v) is 2.21. The summed E-state index contributed by atoms with van der Waals surface area (Å²) in [6, 6.07) is 0.209. The average Bonchev–Trinajstić information content (AvgIpc) is 2.12. The van der Waals surface area contributed by atoms with Crippen LogP contribution in [0.3, 0.4) is 0 Å². The van der Waals surface area contributed by atoms with Gasteiger partial charge in [-0.1, -0.05) is 13.8 Å². The Morgan fingerprint density at radius 1 is 1.33 bits per heavy atom. The van der Waals surface area contributed by atoms with Gasteiger partial charge in [-0.15, -0.1) is 0 Å². The maximum absolute atomic E-state index is 6.80. The highest BCUT2D eigenvalue weighted by Crippen LogP contribution is 2.02. The van der Waals surface area contributed by atoms with Crippen molar-refractivity contribution in [3.05, 3.63) is 11.4 Å². The van der Waals surface area contributed by atoms with Crippen LogP contribution in [0.4, 0.5) is 0 Å². The lowest BCUT2D eigenvalue weighted by Gasteiger charge is -2.17. The van der Waals surface area contributed by atoms with Gasteiger partial charge in [-0.2, -0.15) is 0 Å². The summed E-state index contributed by atoms with van der Waals surface area (Å²) < 4.78 is 0. The molecule has 70 valence electrons. The molecule has 0 radical (unpaired) electrons. The minimum Gasteiger partial charge on any atom is -0.314 e. The molecule has 0 bridgehead atoms. The highest BCUT2D eigenvalue weighted by molar-refractivity contribution is 4.72. The Morgan fingerprint density at radius 3 is 2.33 bits per heavy atom. The monoisotopic (exact) mass is 168 g/mol. The van der Waals surface area contributed by atoms with Crippen molar-refractivity contribution in [3.63, 3.8) is 0 Å². The fourth-order valence-electron chi connectivity index (χ4n) is 1.21. The molecule has 0 aliphatic heterocycles. The zero-order valence-corrected chi connectivity index (χ0v) is 8.51. The average molecular weight is 168 g/mol. The third-order valence-electron chi connectivity index (χ3n) is 2.21. The van der Waals surface area contributed by atoms with E-state index in [0.29, 0.717) is 0 Å².